The summed E-state index contributed by atoms with van der Waals surface area (Å²) in [5.74, 6) is 0. The highest BCUT2D eigenvalue weighted by Gasteiger charge is 2.20. The summed E-state index contributed by atoms with van der Waals surface area (Å²) in [5.41, 5.74) is 14.5. The van der Waals surface area contributed by atoms with Crippen LogP contribution in [0.4, 0.5) is 17.1 Å². The van der Waals surface area contributed by atoms with E-state index in [-0.39, 0.29) is 0 Å². The third kappa shape index (κ3) is 5.53. The number of benzene rings is 8. The molecule has 0 amide bonds. The minimum absolute atomic E-state index is 0.881. The quantitative estimate of drug-likeness (QED) is 0.173. The van der Waals surface area contributed by atoms with E-state index in [0.717, 1.165) is 50.1 Å². The standard InChI is InChI=1S/C48H33NO/c1-4-12-34(13-5-1)36-20-22-38(23-21-36)40-26-30-46(44(32-40)39-16-8-3-9-17-39)49(41-27-24-37(25-28-41)35-14-6-2-7-15-35)42-29-31-48-45(33-42)43-18-10-11-19-47(43)50-48/h1-33H. The van der Waals surface area contributed by atoms with Gasteiger partial charge in [0.15, 0.2) is 0 Å². The van der Waals surface area contributed by atoms with Crippen LogP contribution in [-0.2, 0) is 0 Å². The first-order valence-electron chi connectivity index (χ1n) is 17.0. The highest BCUT2D eigenvalue weighted by molar-refractivity contribution is 6.07. The fourth-order valence-electron chi connectivity index (χ4n) is 6.96. The zero-order chi connectivity index (χ0) is 33.3. The Bertz CT molecular complexity index is 2550. The number of hydrogen-bond acceptors (Lipinski definition) is 2. The number of hydrogen-bond donors (Lipinski definition) is 0. The molecule has 9 aromatic rings. The molecule has 2 nitrogen and oxygen atoms in total. The lowest BCUT2D eigenvalue weighted by molar-refractivity contribution is 0.669. The highest BCUT2D eigenvalue weighted by Crippen LogP contribution is 2.44. The van der Waals surface area contributed by atoms with E-state index in [9.17, 15) is 0 Å². The molecule has 0 radical (unpaired) electrons. The van der Waals surface area contributed by atoms with Gasteiger partial charge in [-0.15, -0.1) is 0 Å². The van der Waals surface area contributed by atoms with Gasteiger partial charge in [-0.3, -0.25) is 0 Å². The van der Waals surface area contributed by atoms with E-state index in [4.69, 9.17) is 4.42 Å². The van der Waals surface area contributed by atoms with Crippen molar-refractivity contribution in [2.45, 2.75) is 0 Å². The van der Waals surface area contributed by atoms with Gasteiger partial charge in [0.05, 0.1) is 5.69 Å². The van der Waals surface area contributed by atoms with Crippen LogP contribution in [0, 0.1) is 0 Å². The molecule has 0 aliphatic rings. The third-order valence-corrected chi connectivity index (χ3v) is 9.50. The normalized spacial score (nSPS) is 11.2. The average Bonchev–Trinajstić information content (AvgIpc) is 3.58. The molecule has 0 saturated carbocycles. The van der Waals surface area contributed by atoms with Crippen molar-refractivity contribution < 1.29 is 4.42 Å². The second kappa shape index (κ2) is 12.8. The fourth-order valence-corrected chi connectivity index (χ4v) is 6.96. The zero-order valence-electron chi connectivity index (χ0n) is 27.4. The summed E-state index contributed by atoms with van der Waals surface area (Å²) in [6.07, 6.45) is 0. The predicted molar refractivity (Wildman–Crippen MR) is 210 cm³/mol. The Morgan fingerprint density at radius 1 is 0.300 bits per heavy atom. The summed E-state index contributed by atoms with van der Waals surface area (Å²) in [6, 6.07) is 71.2. The number of rotatable bonds is 7. The van der Waals surface area contributed by atoms with Crippen LogP contribution in [0.2, 0.25) is 0 Å². The Kier molecular flexibility index (Phi) is 7.53. The maximum Gasteiger partial charge on any atom is 0.135 e. The van der Waals surface area contributed by atoms with Crippen molar-refractivity contribution in [1.29, 1.82) is 0 Å². The third-order valence-electron chi connectivity index (χ3n) is 9.50. The summed E-state index contributed by atoms with van der Waals surface area (Å²) in [5, 5.41) is 2.21. The van der Waals surface area contributed by atoms with Gasteiger partial charge < -0.3 is 9.32 Å². The first-order chi connectivity index (χ1) is 24.8. The number of nitrogens with zero attached hydrogens (tertiary/aromatic N) is 1. The van der Waals surface area contributed by atoms with Crippen molar-refractivity contribution in [2.24, 2.45) is 0 Å². The SMILES string of the molecule is c1ccc(-c2ccc(-c3ccc(N(c4ccc(-c5ccccc5)cc4)c4ccc5oc6ccccc6c5c4)c(-c4ccccc4)c3)cc2)cc1. The summed E-state index contributed by atoms with van der Waals surface area (Å²) < 4.78 is 6.24. The minimum atomic E-state index is 0.881. The van der Waals surface area contributed by atoms with Crippen LogP contribution < -0.4 is 4.90 Å². The average molecular weight is 640 g/mol. The molecule has 0 aliphatic carbocycles. The van der Waals surface area contributed by atoms with E-state index >= 15 is 0 Å². The molecule has 0 fully saturated rings. The second-order valence-electron chi connectivity index (χ2n) is 12.6. The number of furan rings is 1. The van der Waals surface area contributed by atoms with E-state index in [1.807, 2.05) is 12.1 Å². The molecule has 0 saturated heterocycles. The molecule has 9 rings (SSSR count). The van der Waals surface area contributed by atoms with Crippen molar-refractivity contribution in [3.05, 3.63) is 200 Å². The van der Waals surface area contributed by atoms with Gasteiger partial charge in [0.1, 0.15) is 11.2 Å². The van der Waals surface area contributed by atoms with Gasteiger partial charge in [0, 0.05) is 27.7 Å². The molecule has 1 aromatic heterocycles. The smallest absolute Gasteiger partial charge is 0.135 e. The molecule has 1 heterocycles. The number of para-hydroxylation sites is 1. The van der Waals surface area contributed by atoms with Crippen molar-refractivity contribution in [3.8, 4) is 44.5 Å². The summed E-state index contributed by atoms with van der Waals surface area (Å²) in [7, 11) is 0. The molecule has 0 N–H and O–H groups in total. The summed E-state index contributed by atoms with van der Waals surface area (Å²) in [4.78, 5) is 2.38. The van der Waals surface area contributed by atoms with Gasteiger partial charge in [-0.2, -0.15) is 0 Å². The first-order valence-corrected chi connectivity index (χ1v) is 17.0. The molecular formula is C48H33NO. The van der Waals surface area contributed by atoms with E-state index in [1.165, 1.54) is 33.4 Å². The largest absolute Gasteiger partial charge is 0.456 e. The topological polar surface area (TPSA) is 16.4 Å². The van der Waals surface area contributed by atoms with Gasteiger partial charge in [-0.05, 0) is 87.5 Å². The van der Waals surface area contributed by atoms with Crippen LogP contribution in [0.25, 0.3) is 66.4 Å². The predicted octanol–water partition coefficient (Wildman–Crippen LogP) is 13.7. The molecule has 0 aliphatic heterocycles. The lowest BCUT2D eigenvalue weighted by Gasteiger charge is -2.28. The molecular weight excluding hydrogens is 607 g/mol. The second-order valence-corrected chi connectivity index (χ2v) is 12.6. The molecule has 0 unspecified atom stereocenters. The maximum absolute atomic E-state index is 6.24. The molecule has 8 aromatic carbocycles. The van der Waals surface area contributed by atoms with Crippen LogP contribution in [0.1, 0.15) is 0 Å². The van der Waals surface area contributed by atoms with Crippen LogP contribution in [0.5, 0.6) is 0 Å². The highest BCUT2D eigenvalue weighted by atomic mass is 16.3. The van der Waals surface area contributed by atoms with Gasteiger partial charge in [-0.25, -0.2) is 0 Å². The molecule has 0 bridgehead atoms. The van der Waals surface area contributed by atoms with Crippen molar-refractivity contribution in [1.82, 2.24) is 0 Å². The lowest BCUT2D eigenvalue weighted by Crippen LogP contribution is -2.11. The van der Waals surface area contributed by atoms with Crippen molar-refractivity contribution >= 4 is 39.0 Å². The molecule has 0 spiro atoms. The maximum atomic E-state index is 6.24. The zero-order valence-corrected chi connectivity index (χ0v) is 27.4. The van der Waals surface area contributed by atoms with Crippen molar-refractivity contribution in [3.63, 3.8) is 0 Å². The molecule has 50 heavy (non-hydrogen) atoms. The van der Waals surface area contributed by atoms with Gasteiger partial charge >= 0.3 is 0 Å². The van der Waals surface area contributed by atoms with E-state index in [0.29, 0.717) is 0 Å². The lowest BCUT2D eigenvalue weighted by atomic mass is 9.95. The van der Waals surface area contributed by atoms with Crippen LogP contribution in [0.3, 0.4) is 0 Å². The summed E-state index contributed by atoms with van der Waals surface area (Å²) >= 11 is 0. The van der Waals surface area contributed by atoms with Crippen LogP contribution in [0.15, 0.2) is 205 Å². The molecule has 236 valence electrons. The van der Waals surface area contributed by atoms with Crippen LogP contribution in [-0.4, -0.2) is 0 Å². The van der Waals surface area contributed by atoms with E-state index in [2.05, 4.69) is 193 Å². The van der Waals surface area contributed by atoms with Gasteiger partial charge in [0.25, 0.3) is 0 Å². The number of anilines is 3. The Hall–Kier alpha value is -6.64. The Morgan fingerprint density at radius 2 is 0.760 bits per heavy atom. The van der Waals surface area contributed by atoms with Crippen molar-refractivity contribution in [2.75, 3.05) is 4.90 Å². The summed E-state index contributed by atoms with van der Waals surface area (Å²) in [6.45, 7) is 0. The van der Waals surface area contributed by atoms with Gasteiger partial charge in [0.2, 0.25) is 0 Å². The Morgan fingerprint density at radius 3 is 1.40 bits per heavy atom. The first kappa shape index (κ1) is 29.5. The molecule has 2 heteroatoms. The van der Waals surface area contributed by atoms with Crippen LogP contribution >= 0.6 is 0 Å². The fraction of sp³-hybridized carbons (Fsp3) is 0. The monoisotopic (exact) mass is 639 g/mol. The minimum Gasteiger partial charge on any atom is -0.456 e. The number of fused-ring (bicyclic) bond motifs is 3. The van der Waals surface area contributed by atoms with E-state index in [1.54, 1.807) is 0 Å². The van der Waals surface area contributed by atoms with Gasteiger partial charge in [-0.1, -0.05) is 152 Å². The van der Waals surface area contributed by atoms with E-state index < -0.39 is 0 Å². The Labute approximate surface area is 292 Å². The Balaban J connectivity index is 1.21. The molecule has 0 atom stereocenters.